The lowest BCUT2D eigenvalue weighted by Gasteiger charge is -2.15. The summed E-state index contributed by atoms with van der Waals surface area (Å²) in [4.78, 5) is 48.1. The first-order valence-corrected chi connectivity index (χ1v) is 12.7. The van der Waals surface area contributed by atoms with E-state index < -0.39 is 23.9 Å². The van der Waals surface area contributed by atoms with Crippen molar-refractivity contribution in [2.24, 2.45) is 0 Å². The number of esters is 4. The molecular weight excluding hydrogens is 536 g/mol. The van der Waals surface area contributed by atoms with Gasteiger partial charge in [0.25, 0.3) is 0 Å². The summed E-state index contributed by atoms with van der Waals surface area (Å²) in [6, 6.07) is 16.4. The van der Waals surface area contributed by atoms with Crippen LogP contribution in [0.25, 0.3) is 23.3 Å². The molecule has 214 valence electrons. The van der Waals surface area contributed by atoms with E-state index in [1.165, 1.54) is 13.8 Å². The first-order valence-electron chi connectivity index (χ1n) is 12.7. The second kappa shape index (κ2) is 13.7. The quantitative estimate of drug-likeness (QED) is 0.113. The monoisotopic (exact) mass is 566 g/mol. The summed E-state index contributed by atoms with van der Waals surface area (Å²) in [6.07, 6.45) is 3.44. The summed E-state index contributed by atoms with van der Waals surface area (Å²) < 4.78 is 21.6. The summed E-state index contributed by atoms with van der Waals surface area (Å²) in [5.41, 5.74) is 2.97. The third-order valence-electron chi connectivity index (χ3n) is 5.54. The van der Waals surface area contributed by atoms with Crippen molar-refractivity contribution < 1.29 is 38.1 Å². The molecule has 0 heterocycles. The molecule has 0 amide bonds. The maximum Gasteiger partial charge on any atom is 0.338 e. The van der Waals surface area contributed by atoms with Gasteiger partial charge in [-0.05, 0) is 68.3 Å². The van der Waals surface area contributed by atoms with E-state index in [-0.39, 0.29) is 28.2 Å². The van der Waals surface area contributed by atoms with Gasteiger partial charge in [-0.25, -0.2) is 14.4 Å². The van der Waals surface area contributed by atoms with Crippen LogP contribution in [-0.4, -0.2) is 23.9 Å². The second-order valence-electron chi connectivity index (χ2n) is 9.42. The van der Waals surface area contributed by atoms with E-state index in [1.54, 1.807) is 86.7 Å². The van der Waals surface area contributed by atoms with Crippen LogP contribution < -0.4 is 18.9 Å². The van der Waals surface area contributed by atoms with Gasteiger partial charge >= 0.3 is 23.9 Å². The minimum Gasteiger partial charge on any atom is -0.426 e. The fourth-order valence-electron chi connectivity index (χ4n) is 3.37. The molecule has 0 fully saturated rings. The van der Waals surface area contributed by atoms with Crippen molar-refractivity contribution in [3.63, 3.8) is 0 Å². The van der Waals surface area contributed by atoms with E-state index >= 15 is 0 Å². The largest absolute Gasteiger partial charge is 0.426 e. The minimum absolute atomic E-state index is 0.187. The van der Waals surface area contributed by atoms with Crippen molar-refractivity contribution in [1.29, 1.82) is 0 Å². The van der Waals surface area contributed by atoms with Crippen LogP contribution in [0.4, 0.5) is 0 Å². The molecule has 0 aliphatic rings. The lowest BCUT2D eigenvalue weighted by molar-refractivity contribution is -0.132. The standard InChI is InChI=1S/C34H30O8/c1-20(2)32(36)40-27-14-9-24(10-15-27)8-11-26-18-31(42-34(38)22(5)6)29(19-30(26)39-23(7)35)25-12-16-28(17-13-25)41-33(37)21(3)4/h8-19H,1,3,5H2,2,4,6-7H3/b11-8+. The smallest absolute Gasteiger partial charge is 0.338 e. The number of rotatable bonds is 10. The third-order valence-corrected chi connectivity index (χ3v) is 5.54. The summed E-state index contributed by atoms with van der Waals surface area (Å²) in [7, 11) is 0. The van der Waals surface area contributed by atoms with Crippen molar-refractivity contribution >= 4 is 36.0 Å². The Hall–Kier alpha value is -5.50. The highest BCUT2D eigenvalue weighted by atomic mass is 16.5. The fraction of sp³-hybridized carbons (Fsp3) is 0.118. The van der Waals surface area contributed by atoms with Crippen LogP contribution >= 0.6 is 0 Å². The first-order chi connectivity index (χ1) is 19.8. The molecule has 3 rings (SSSR count). The number of benzene rings is 3. The summed E-state index contributed by atoms with van der Waals surface area (Å²) in [6.45, 7) is 16.7. The van der Waals surface area contributed by atoms with E-state index in [2.05, 4.69) is 19.7 Å². The molecule has 8 nitrogen and oxygen atoms in total. The van der Waals surface area contributed by atoms with Gasteiger partial charge in [-0.3, -0.25) is 4.79 Å². The Bertz CT molecular complexity index is 1610. The van der Waals surface area contributed by atoms with Gasteiger partial charge in [0, 0.05) is 34.8 Å². The molecule has 0 saturated carbocycles. The number of ether oxygens (including phenoxy) is 4. The van der Waals surface area contributed by atoms with Gasteiger partial charge < -0.3 is 18.9 Å². The SMILES string of the molecule is C=C(C)C(=O)Oc1ccc(/C=C/c2cc(OC(=O)C(=C)C)c(-c3ccc(OC(=O)C(=C)C)cc3)cc2OC(C)=O)cc1. The van der Waals surface area contributed by atoms with Gasteiger partial charge in [-0.1, -0.05) is 56.2 Å². The maximum atomic E-state index is 12.5. The number of hydrogen-bond donors (Lipinski definition) is 0. The molecule has 0 atom stereocenters. The predicted molar refractivity (Wildman–Crippen MR) is 160 cm³/mol. The Morgan fingerprint density at radius 2 is 1.05 bits per heavy atom. The van der Waals surface area contributed by atoms with E-state index in [4.69, 9.17) is 18.9 Å². The molecule has 0 aliphatic carbocycles. The number of hydrogen-bond acceptors (Lipinski definition) is 8. The van der Waals surface area contributed by atoms with Crippen LogP contribution in [0.2, 0.25) is 0 Å². The van der Waals surface area contributed by atoms with Crippen LogP contribution in [0.5, 0.6) is 23.0 Å². The molecular formula is C34H30O8. The van der Waals surface area contributed by atoms with Crippen molar-refractivity contribution in [3.8, 4) is 34.1 Å². The van der Waals surface area contributed by atoms with Crippen molar-refractivity contribution in [3.05, 3.63) is 108 Å². The number of carbonyl (C=O) groups excluding carboxylic acids is 4. The molecule has 0 radical (unpaired) electrons. The second-order valence-corrected chi connectivity index (χ2v) is 9.42. The Labute approximate surface area is 244 Å². The van der Waals surface area contributed by atoms with E-state index in [9.17, 15) is 19.2 Å². The number of carbonyl (C=O) groups is 4. The van der Waals surface area contributed by atoms with E-state index in [0.717, 1.165) is 5.56 Å². The fourth-order valence-corrected chi connectivity index (χ4v) is 3.37. The highest BCUT2D eigenvalue weighted by molar-refractivity contribution is 5.92. The third kappa shape index (κ3) is 8.50. The lowest BCUT2D eigenvalue weighted by Crippen LogP contribution is -2.10. The summed E-state index contributed by atoms with van der Waals surface area (Å²) >= 11 is 0. The maximum absolute atomic E-state index is 12.5. The molecule has 0 bridgehead atoms. The Balaban J connectivity index is 2.03. The average Bonchev–Trinajstić information content (AvgIpc) is 2.93. The molecule has 0 spiro atoms. The zero-order chi connectivity index (χ0) is 31.0. The van der Waals surface area contributed by atoms with Gasteiger partial charge in [0.15, 0.2) is 0 Å². The highest BCUT2D eigenvalue weighted by Gasteiger charge is 2.18. The van der Waals surface area contributed by atoms with Crippen LogP contribution in [0.1, 0.15) is 38.8 Å². The van der Waals surface area contributed by atoms with Crippen molar-refractivity contribution in [2.75, 3.05) is 0 Å². The summed E-state index contributed by atoms with van der Waals surface area (Å²) in [5.74, 6) is -1.21. The molecule has 0 aliphatic heterocycles. The molecule has 0 N–H and O–H groups in total. The molecule has 3 aromatic carbocycles. The van der Waals surface area contributed by atoms with Crippen molar-refractivity contribution in [2.45, 2.75) is 27.7 Å². The Kier molecular flexibility index (Phi) is 10.1. The molecule has 8 heteroatoms. The van der Waals surface area contributed by atoms with Gasteiger partial charge in [-0.2, -0.15) is 0 Å². The van der Waals surface area contributed by atoms with E-state index in [0.29, 0.717) is 28.2 Å². The van der Waals surface area contributed by atoms with Gasteiger partial charge in [0.1, 0.15) is 23.0 Å². The molecule has 0 unspecified atom stereocenters. The molecule has 0 saturated heterocycles. The minimum atomic E-state index is -0.640. The lowest BCUT2D eigenvalue weighted by atomic mass is 10.0. The topological polar surface area (TPSA) is 105 Å². The van der Waals surface area contributed by atoms with Gasteiger partial charge in [0.2, 0.25) is 0 Å². The molecule has 0 aromatic heterocycles. The molecule has 42 heavy (non-hydrogen) atoms. The van der Waals surface area contributed by atoms with Gasteiger partial charge in [-0.15, -0.1) is 0 Å². The van der Waals surface area contributed by atoms with Crippen LogP contribution in [0.15, 0.2) is 97.1 Å². The molecule has 3 aromatic rings. The highest BCUT2D eigenvalue weighted by Crippen LogP contribution is 2.38. The van der Waals surface area contributed by atoms with Crippen molar-refractivity contribution in [1.82, 2.24) is 0 Å². The summed E-state index contributed by atoms with van der Waals surface area (Å²) in [5, 5.41) is 0. The Morgan fingerprint density at radius 1 is 0.571 bits per heavy atom. The van der Waals surface area contributed by atoms with Crippen LogP contribution in [0.3, 0.4) is 0 Å². The predicted octanol–water partition coefficient (Wildman–Crippen LogP) is 6.89. The van der Waals surface area contributed by atoms with Gasteiger partial charge in [0.05, 0.1) is 0 Å². The van der Waals surface area contributed by atoms with Crippen LogP contribution in [-0.2, 0) is 19.2 Å². The van der Waals surface area contributed by atoms with E-state index in [1.807, 2.05) is 0 Å². The zero-order valence-corrected chi connectivity index (χ0v) is 23.8. The Morgan fingerprint density at radius 3 is 1.52 bits per heavy atom. The first kappa shape index (κ1) is 31.0. The van der Waals surface area contributed by atoms with Crippen LogP contribution in [0, 0.1) is 0 Å². The average molecular weight is 567 g/mol. The zero-order valence-electron chi connectivity index (χ0n) is 23.8. The normalized spacial score (nSPS) is 10.5.